The van der Waals surface area contributed by atoms with Crippen LogP contribution in [0.1, 0.15) is 19.4 Å². The average Bonchev–Trinajstić information content (AvgIpc) is 2.80. The Hall–Kier alpha value is -4.79. The maximum atomic E-state index is 13.2. The molecule has 2 amide bonds. The first-order chi connectivity index (χ1) is 16.4. The Morgan fingerprint density at radius 1 is 0.853 bits per heavy atom. The van der Waals surface area contributed by atoms with Gasteiger partial charge in [0.1, 0.15) is 17.0 Å². The number of amides is 2. The summed E-state index contributed by atoms with van der Waals surface area (Å²) in [6.45, 7) is 2.88. The fourth-order valence-electron chi connectivity index (χ4n) is 3.26. The third-order valence-corrected chi connectivity index (χ3v) is 4.77. The van der Waals surface area contributed by atoms with Crippen LogP contribution < -0.4 is 21.5 Å². The zero-order valence-electron chi connectivity index (χ0n) is 18.6. The lowest BCUT2D eigenvalue weighted by Crippen LogP contribution is -2.21. The molecule has 0 fully saturated rings. The number of nitrogens with zero attached hydrogens (tertiary/aromatic N) is 3. The van der Waals surface area contributed by atoms with Crippen LogP contribution in [0.3, 0.4) is 0 Å². The van der Waals surface area contributed by atoms with Crippen LogP contribution in [0.2, 0.25) is 0 Å². The van der Waals surface area contributed by atoms with Crippen molar-refractivity contribution in [2.24, 2.45) is 4.99 Å². The van der Waals surface area contributed by atoms with E-state index in [1.54, 1.807) is 72.9 Å². The van der Waals surface area contributed by atoms with E-state index in [9.17, 15) is 14.4 Å². The van der Waals surface area contributed by atoms with Crippen molar-refractivity contribution in [2.75, 3.05) is 16.0 Å². The number of pyridine rings is 1. The molecule has 0 radical (unpaired) electrons. The quantitative estimate of drug-likeness (QED) is 0.379. The van der Waals surface area contributed by atoms with Gasteiger partial charge in [0.25, 0.3) is 5.56 Å². The van der Waals surface area contributed by atoms with E-state index in [0.29, 0.717) is 34.2 Å². The number of aromatic nitrogens is 2. The smallest absolute Gasteiger partial charge is 0.268 e. The first kappa shape index (κ1) is 22.4. The molecule has 0 aliphatic heterocycles. The van der Waals surface area contributed by atoms with Crippen LogP contribution in [0.25, 0.3) is 5.65 Å². The van der Waals surface area contributed by atoms with Crippen LogP contribution in [0.15, 0.2) is 82.7 Å². The average molecular weight is 454 g/mol. The highest BCUT2D eigenvalue weighted by molar-refractivity contribution is 5.91. The minimum atomic E-state index is -0.276. The van der Waals surface area contributed by atoms with E-state index in [4.69, 9.17) is 0 Å². The Bertz CT molecular complexity index is 1440. The largest absolute Gasteiger partial charge is 0.339 e. The van der Waals surface area contributed by atoms with Crippen LogP contribution in [0.4, 0.5) is 28.6 Å². The van der Waals surface area contributed by atoms with E-state index in [1.807, 2.05) is 0 Å². The molecule has 0 aliphatic carbocycles. The summed E-state index contributed by atoms with van der Waals surface area (Å²) in [5, 5.41) is 8.59. The van der Waals surface area contributed by atoms with Gasteiger partial charge in [0.05, 0.1) is 5.69 Å². The Morgan fingerprint density at radius 2 is 1.44 bits per heavy atom. The number of rotatable bonds is 6. The molecular weight excluding hydrogens is 432 g/mol. The molecule has 2 heterocycles. The topological polar surface area (TPSA) is 117 Å². The molecule has 0 unspecified atom stereocenters. The van der Waals surface area contributed by atoms with Gasteiger partial charge in [-0.1, -0.05) is 6.07 Å². The summed E-state index contributed by atoms with van der Waals surface area (Å²) in [5.74, 6) is 0.0305. The lowest BCUT2D eigenvalue weighted by atomic mass is 10.2. The highest BCUT2D eigenvalue weighted by Gasteiger charge is 2.12. The maximum Gasteiger partial charge on any atom is 0.268 e. The van der Waals surface area contributed by atoms with Crippen molar-refractivity contribution in [1.29, 1.82) is 0 Å². The Labute approximate surface area is 195 Å². The van der Waals surface area contributed by atoms with Crippen LogP contribution in [0, 0.1) is 0 Å². The first-order valence-corrected chi connectivity index (χ1v) is 10.5. The third kappa shape index (κ3) is 5.33. The molecule has 3 N–H and O–H groups in total. The second-order valence-electron chi connectivity index (χ2n) is 7.48. The summed E-state index contributed by atoms with van der Waals surface area (Å²) >= 11 is 0. The molecule has 2 aromatic carbocycles. The molecule has 0 aliphatic rings. The molecule has 4 aromatic rings. The van der Waals surface area contributed by atoms with Gasteiger partial charge in [0.2, 0.25) is 11.8 Å². The second kappa shape index (κ2) is 9.78. The number of nitrogens with one attached hydrogen (secondary N) is 3. The number of hydrogen-bond donors (Lipinski definition) is 3. The second-order valence-corrected chi connectivity index (χ2v) is 7.48. The van der Waals surface area contributed by atoms with Gasteiger partial charge in [0, 0.05) is 43.3 Å². The Balaban J connectivity index is 1.68. The van der Waals surface area contributed by atoms with Crippen molar-refractivity contribution in [3.8, 4) is 0 Å². The highest BCUT2D eigenvalue weighted by Crippen LogP contribution is 2.21. The Morgan fingerprint density at radius 3 is 2.06 bits per heavy atom. The van der Waals surface area contributed by atoms with Gasteiger partial charge in [-0.15, -0.1) is 0 Å². The van der Waals surface area contributed by atoms with Crippen molar-refractivity contribution in [1.82, 2.24) is 9.38 Å². The summed E-state index contributed by atoms with van der Waals surface area (Å²) in [4.78, 5) is 44.7. The summed E-state index contributed by atoms with van der Waals surface area (Å²) < 4.78 is 1.45. The van der Waals surface area contributed by atoms with E-state index in [0.717, 1.165) is 0 Å². The minimum absolute atomic E-state index is 0.159. The first-order valence-electron chi connectivity index (χ1n) is 10.5. The zero-order chi connectivity index (χ0) is 24.1. The summed E-state index contributed by atoms with van der Waals surface area (Å²) in [6.07, 6.45) is 3.12. The molecule has 9 nitrogen and oxygen atoms in total. The predicted molar refractivity (Wildman–Crippen MR) is 133 cm³/mol. The fraction of sp³-hybridized carbons (Fsp3) is 0.0800. The van der Waals surface area contributed by atoms with Crippen LogP contribution in [-0.4, -0.2) is 27.4 Å². The van der Waals surface area contributed by atoms with Gasteiger partial charge in [-0.3, -0.25) is 23.8 Å². The Kier molecular flexibility index (Phi) is 6.45. The minimum Gasteiger partial charge on any atom is -0.339 e. The van der Waals surface area contributed by atoms with Gasteiger partial charge in [-0.25, -0.2) is 4.98 Å². The van der Waals surface area contributed by atoms with Gasteiger partial charge in [-0.2, -0.15) is 0 Å². The van der Waals surface area contributed by atoms with Crippen molar-refractivity contribution < 1.29 is 9.59 Å². The van der Waals surface area contributed by atoms with E-state index >= 15 is 0 Å². The summed E-state index contributed by atoms with van der Waals surface area (Å²) in [6, 6.07) is 19.3. The van der Waals surface area contributed by atoms with E-state index < -0.39 is 0 Å². The SMILES string of the molecule is CC(=O)Nc1ccc(N=Cc2c(Nc3ccc(NC(C)=O)cc3)nc3ccccn3c2=O)cc1. The normalized spacial score (nSPS) is 10.9. The summed E-state index contributed by atoms with van der Waals surface area (Å²) in [7, 11) is 0. The molecule has 170 valence electrons. The van der Waals surface area contributed by atoms with Crippen molar-refractivity contribution in [3.05, 3.63) is 88.8 Å². The maximum absolute atomic E-state index is 13.2. The number of hydrogen-bond acceptors (Lipinski definition) is 6. The van der Waals surface area contributed by atoms with Gasteiger partial charge in [0.15, 0.2) is 0 Å². The van der Waals surface area contributed by atoms with Crippen molar-refractivity contribution >= 4 is 52.2 Å². The molecule has 0 atom stereocenters. The lowest BCUT2D eigenvalue weighted by molar-refractivity contribution is -0.115. The lowest BCUT2D eigenvalue weighted by Gasteiger charge is -2.11. The van der Waals surface area contributed by atoms with Crippen LogP contribution in [0.5, 0.6) is 0 Å². The number of anilines is 4. The molecular formula is C25H22N6O3. The molecule has 0 spiro atoms. The number of carbonyl (C=O) groups excluding carboxylic acids is 2. The zero-order valence-corrected chi connectivity index (χ0v) is 18.6. The molecule has 9 heteroatoms. The molecule has 4 rings (SSSR count). The van der Waals surface area contributed by atoms with E-state index in [-0.39, 0.29) is 22.9 Å². The molecule has 0 saturated carbocycles. The van der Waals surface area contributed by atoms with Gasteiger partial charge in [-0.05, 0) is 60.7 Å². The monoisotopic (exact) mass is 454 g/mol. The van der Waals surface area contributed by atoms with Crippen LogP contribution in [-0.2, 0) is 9.59 Å². The van der Waals surface area contributed by atoms with Crippen LogP contribution >= 0.6 is 0 Å². The fourth-order valence-corrected chi connectivity index (χ4v) is 3.26. The molecule has 0 bridgehead atoms. The van der Waals surface area contributed by atoms with Crippen molar-refractivity contribution in [2.45, 2.75) is 13.8 Å². The van der Waals surface area contributed by atoms with Gasteiger partial charge < -0.3 is 16.0 Å². The van der Waals surface area contributed by atoms with Crippen molar-refractivity contribution in [3.63, 3.8) is 0 Å². The molecule has 34 heavy (non-hydrogen) atoms. The molecule has 0 saturated heterocycles. The summed E-state index contributed by atoms with van der Waals surface area (Å²) in [5.41, 5.74) is 3.11. The van der Waals surface area contributed by atoms with Gasteiger partial charge >= 0.3 is 0 Å². The highest BCUT2D eigenvalue weighted by atomic mass is 16.2. The standard InChI is InChI=1S/C25H22N6O3/c1-16(32)27-19-8-6-18(7-9-19)26-15-22-24(30-23-5-3-4-14-31(23)25(22)34)29-21-12-10-20(11-13-21)28-17(2)33/h3-15,29H,1-2H3,(H,27,32)(H,28,33). The molecule has 2 aromatic heterocycles. The number of carbonyl (C=O) groups is 2. The predicted octanol–water partition coefficient (Wildman–Crippen LogP) is 4.11. The third-order valence-electron chi connectivity index (χ3n) is 4.77. The number of benzene rings is 2. The number of fused-ring (bicyclic) bond motifs is 1. The van der Waals surface area contributed by atoms with E-state index in [1.165, 1.54) is 24.5 Å². The number of aliphatic imine (C=N–C) groups is 1. The van der Waals surface area contributed by atoms with E-state index in [2.05, 4.69) is 25.9 Å².